The van der Waals surface area contributed by atoms with Gasteiger partial charge in [-0.1, -0.05) is 60.7 Å². The first-order valence-electron chi connectivity index (χ1n) is 6.64. The van der Waals surface area contributed by atoms with Crippen LogP contribution in [0.15, 0.2) is 72.9 Å². The smallest absolute Gasteiger partial charge is 0.0457 e. The molecule has 0 fully saturated rings. The summed E-state index contributed by atoms with van der Waals surface area (Å²) in [6.45, 7) is 2.07. The van der Waals surface area contributed by atoms with Crippen LogP contribution < -0.4 is 0 Å². The quantitative estimate of drug-likeness (QED) is 0.635. The SMILES string of the molecule is CC=CC(c1ccccc1)c1c[nH]c2ccccc12. The molecule has 94 valence electrons. The van der Waals surface area contributed by atoms with Gasteiger partial charge in [0.15, 0.2) is 0 Å². The fourth-order valence-electron chi connectivity index (χ4n) is 2.60. The topological polar surface area (TPSA) is 15.8 Å². The molecule has 0 radical (unpaired) electrons. The number of rotatable bonds is 3. The Morgan fingerprint density at radius 3 is 2.47 bits per heavy atom. The number of hydrogen-bond donors (Lipinski definition) is 1. The van der Waals surface area contributed by atoms with Crippen molar-refractivity contribution in [2.75, 3.05) is 0 Å². The molecule has 1 nitrogen and oxygen atoms in total. The number of benzene rings is 2. The summed E-state index contributed by atoms with van der Waals surface area (Å²) in [6, 6.07) is 19.1. The molecule has 0 saturated heterocycles. The van der Waals surface area contributed by atoms with Gasteiger partial charge in [-0.3, -0.25) is 0 Å². The molecular weight excluding hydrogens is 230 g/mol. The predicted octanol–water partition coefficient (Wildman–Crippen LogP) is 4.88. The molecule has 1 unspecified atom stereocenters. The minimum atomic E-state index is 0.308. The van der Waals surface area contributed by atoms with Gasteiger partial charge < -0.3 is 4.98 Å². The summed E-state index contributed by atoms with van der Waals surface area (Å²) >= 11 is 0. The van der Waals surface area contributed by atoms with Crippen LogP contribution in [0.4, 0.5) is 0 Å². The number of para-hydroxylation sites is 1. The third-order valence-corrected chi connectivity index (χ3v) is 3.50. The number of H-pyrrole nitrogens is 1. The van der Waals surface area contributed by atoms with E-state index in [4.69, 9.17) is 0 Å². The lowest BCUT2D eigenvalue weighted by molar-refractivity contribution is 1.03. The molecule has 3 aromatic rings. The van der Waals surface area contributed by atoms with Crippen LogP contribution in [0, 0.1) is 0 Å². The molecule has 3 rings (SSSR count). The van der Waals surface area contributed by atoms with E-state index < -0.39 is 0 Å². The second-order valence-electron chi connectivity index (χ2n) is 4.70. The van der Waals surface area contributed by atoms with E-state index in [2.05, 4.69) is 84.9 Å². The average Bonchev–Trinajstić information content (AvgIpc) is 2.89. The van der Waals surface area contributed by atoms with Gasteiger partial charge in [-0.25, -0.2) is 0 Å². The number of nitrogens with one attached hydrogen (secondary N) is 1. The number of aromatic nitrogens is 1. The Kier molecular flexibility index (Phi) is 3.20. The van der Waals surface area contributed by atoms with Crippen molar-refractivity contribution in [2.24, 2.45) is 0 Å². The van der Waals surface area contributed by atoms with Crippen LogP contribution in [0.2, 0.25) is 0 Å². The van der Waals surface area contributed by atoms with Gasteiger partial charge in [0.05, 0.1) is 0 Å². The molecule has 0 aliphatic heterocycles. The maximum Gasteiger partial charge on any atom is 0.0457 e. The Hall–Kier alpha value is -2.28. The fourth-order valence-corrected chi connectivity index (χ4v) is 2.60. The Labute approximate surface area is 113 Å². The van der Waals surface area contributed by atoms with Crippen LogP contribution in [-0.4, -0.2) is 4.98 Å². The zero-order chi connectivity index (χ0) is 13.1. The second-order valence-corrected chi connectivity index (χ2v) is 4.70. The number of fused-ring (bicyclic) bond motifs is 1. The van der Waals surface area contributed by atoms with Crippen molar-refractivity contribution < 1.29 is 0 Å². The summed E-state index contributed by atoms with van der Waals surface area (Å²) in [7, 11) is 0. The van der Waals surface area contributed by atoms with Gasteiger partial charge in [-0.15, -0.1) is 0 Å². The van der Waals surface area contributed by atoms with Crippen molar-refractivity contribution >= 4 is 10.9 Å². The van der Waals surface area contributed by atoms with Crippen molar-refractivity contribution in [3.8, 4) is 0 Å². The van der Waals surface area contributed by atoms with E-state index in [-0.39, 0.29) is 0 Å². The second kappa shape index (κ2) is 5.15. The highest BCUT2D eigenvalue weighted by molar-refractivity contribution is 5.84. The molecule has 0 bridgehead atoms. The van der Waals surface area contributed by atoms with E-state index in [1.165, 1.54) is 22.0 Å². The Morgan fingerprint density at radius 1 is 0.947 bits per heavy atom. The first kappa shape index (κ1) is 11.8. The third-order valence-electron chi connectivity index (χ3n) is 3.50. The van der Waals surface area contributed by atoms with E-state index in [0.717, 1.165) is 0 Å². The van der Waals surface area contributed by atoms with E-state index >= 15 is 0 Å². The predicted molar refractivity (Wildman–Crippen MR) is 81.4 cm³/mol. The third kappa shape index (κ3) is 2.19. The van der Waals surface area contributed by atoms with Crippen molar-refractivity contribution in [1.29, 1.82) is 0 Å². The molecule has 2 aromatic carbocycles. The lowest BCUT2D eigenvalue weighted by atomic mass is 9.91. The molecule has 0 amide bonds. The molecular formula is C18H17N. The molecule has 1 heterocycles. The molecule has 0 spiro atoms. The summed E-state index contributed by atoms with van der Waals surface area (Å²) < 4.78 is 0. The maximum absolute atomic E-state index is 3.36. The van der Waals surface area contributed by atoms with Crippen LogP contribution in [0.3, 0.4) is 0 Å². The average molecular weight is 247 g/mol. The highest BCUT2D eigenvalue weighted by atomic mass is 14.7. The van der Waals surface area contributed by atoms with Crippen LogP contribution in [0.5, 0.6) is 0 Å². The van der Waals surface area contributed by atoms with Crippen molar-refractivity contribution in [1.82, 2.24) is 4.98 Å². The maximum atomic E-state index is 3.36. The number of hydrogen-bond acceptors (Lipinski definition) is 0. The number of allylic oxidation sites excluding steroid dienone is 2. The van der Waals surface area contributed by atoms with E-state index in [1.807, 2.05) is 0 Å². The Morgan fingerprint density at radius 2 is 1.68 bits per heavy atom. The zero-order valence-corrected chi connectivity index (χ0v) is 11.0. The summed E-state index contributed by atoms with van der Waals surface area (Å²) in [5.74, 6) is 0.308. The lowest BCUT2D eigenvalue weighted by Gasteiger charge is -2.12. The van der Waals surface area contributed by atoms with Gasteiger partial charge in [0.25, 0.3) is 0 Å². The fraction of sp³-hybridized carbons (Fsp3) is 0.111. The lowest BCUT2D eigenvalue weighted by Crippen LogP contribution is -1.96. The minimum absolute atomic E-state index is 0.308. The monoisotopic (exact) mass is 247 g/mol. The standard InChI is InChI=1S/C18H17N/c1-2-8-15(14-9-4-3-5-10-14)17-13-19-18-12-7-6-11-16(17)18/h2-13,15,19H,1H3. The largest absolute Gasteiger partial charge is 0.361 e. The first-order chi connectivity index (χ1) is 9.40. The minimum Gasteiger partial charge on any atom is -0.361 e. The van der Waals surface area contributed by atoms with Gasteiger partial charge in [-0.2, -0.15) is 0 Å². The van der Waals surface area contributed by atoms with E-state index in [1.54, 1.807) is 0 Å². The van der Waals surface area contributed by atoms with Crippen LogP contribution in [-0.2, 0) is 0 Å². The molecule has 1 aromatic heterocycles. The van der Waals surface area contributed by atoms with Crippen molar-refractivity contribution in [2.45, 2.75) is 12.8 Å². The first-order valence-corrected chi connectivity index (χ1v) is 6.64. The summed E-state index contributed by atoms with van der Waals surface area (Å²) in [6.07, 6.45) is 6.51. The van der Waals surface area contributed by atoms with Gasteiger partial charge in [0.1, 0.15) is 0 Å². The Balaban J connectivity index is 2.15. The van der Waals surface area contributed by atoms with Crippen LogP contribution >= 0.6 is 0 Å². The zero-order valence-electron chi connectivity index (χ0n) is 11.0. The Bertz CT molecular complexity index is 692. The highest BCUT2D eigenvalue weighted by Crippen LogP contribution is 2.31. The van der Waals surface area contributed by atoms with Gasteiger partial charge in [0.2, 0.25) is 0 Å². The summed E-state index contributed by atoms with van der Waals surface area (Å²) in [4.78, 5) is 3.36. The van der Waals surface area contributed by atoms with Gasteiger partial charge in [-0.05, 0) is 24.1 Å². The molecule has 0 saturated carbocycles. The van der Waals surface area contributed by atoms with Crippen LogP contribution in [0.25, 0.3) is 10.9 Å². The molecule has 1 N–H and O–H groups in total. The molecule has 0 aliphatic carbocycles. The van der Waals surface area contributed by atoms with Crippen molar-refractivity contribution in [3.63, 3.8) is 0 Å². The summed E-state index contributed by atoms with van der Waals surface area (Å²) in [5, 5.41) is 1.30. The normalized spacial score (nSPS) is 13.1. The van der Waals surface area contributed by atoms with Gasteiger partial charge >= 0.3 is 0 Å². The van der Waals surface area contributed by atoms with E-state index in [9.17, 15) is 0 Å². The molecule has 19 heavy (non-hydrogen) atoms. The van der Waals surface area contributed by atoms with Crippen molar-refractivity contribution in [3.05, 3.63) is 84.1 Å². The number of aromatic amines is 1. The van der Waals surface area contributed by atoms with Crippen LogP contribution in [0.1, 0.15) is 24.0 Å². The van der Waals surface area contributed by atoms with E-state index in [0.29, 0.717) is 5.92 Å². The molecule has 0 aliphatic rings. The molecule has 1 heteroatoms. The summed E-state index contributed by atoms with van der Waals surface area (Å²) in [5.41, 5.74) is 3.85. The molecule has 1 atom stereocenters. The highest BCUT2D eigenvalue weighted by Gasteiger charge is 2.14. The van der Waals surface area contributed by atoms with Gasteiger partial charge in [0, 0.05) is 23.0 Å².